The number of rotatable bonds is 10. The maximum atomic E-state index is 13.5. The van der Waals surface area contributed by atoms with E-state index in [1.54, 1.807) is 36.0 Å². The average Bonchev–Trinajstić information content (AvgIpc) is 3.54. The molecule has 202 valence electrons. The first-order valence-corrected chi connectivity index (χ1v) is 15.1. The van der Waals surface area contributed by atoms with E-state index in [2.05, 4.69) is 15.7 Å². The van der Waals surface area contributed by atoms with E-state index >= 15 is 0 Å². The first-order valence-electron chi connectivity index (χ1n) is 12.8. The number of carbonyl (C=O) groups is 2. The van der Waals surface area contributed by atoms with Gasteiger partial charge in [0.05, 0.1) is 22.4 Å². The van der Waals surface area contributed by atoms with Crippen molar-refractivity contribution in [2.24, 2.45) is 5.92 Å². The monoisotopic (exact) mass is 556 g/mol. The van der Waals surface area contributed by atoms with Crippen LogP contribution in [0.15, 0.2) is 59.6 Å². The van der Waals surface area contributed by atoms with Crippen molar-refractivity contribution >= 4 is 44.8 Å². The number of hydrogen-bond acceptors (Lipinski definition) is 5. The van der Waals surface area contributed by atoms with E-state index in [1.165, 1.54) is 6.07 Å². The molecule has 0 saturated heterocycles. The lowest BCUT2D eigenvalue weighted by molar-refractivity contribution is -0.118. The first-order chi connectivity index (χ1) is 18.1. The van der Waals surface area contributed by atoms with Gasteiger partial charge in [-0.2, -0.15) is 5.10 Å². The summed E-state index contributed by atoms with van der Waals surface area (Å²) in [5, 5.41) is 10.4. The molecule has 0 aliphatic heterocycles. The first kappa shape index (κ1) is 27.9. The van der Waals surface area contributed by atoms with Crippen LogP contribution >= 0.6 is 11.6 Å². The zero-order valence-corrected chi connectivity index (χ0v) is 23.2. The van der Waals surface area contributed by atoms with E-state index in [0.29, 0.717) is 36.7 Å². The Morgan fingerprint density at radius 1 is 1.11 bits per heavy atom. The van der Waals surface area contributed by atoms with Gasteiger partial charge in [-0.25, -0.2) is 8.42 Å². The molecule has 38 heavy (non-hydrogen) atoms. The normalized spacial score (nSPS) is 14.8. The zero-order valence-electron chi connectivity index (χ0n) is 21.6. The maximum Gasteiger partial charge on any atom is 0.233 e. The molecule has 1 fully saturated rings. The molecule has 3 aromatic rings. The third kappa shape index (κ3) is 7.23. The molecule has 10 heteroatoms. The topological polar surface area (TPSA) is 110 Å². The van der Waals surface area contributed by atoms with Crippen LogP contribution in [-0.2, 0) is 26.0 Å². The van der Waals surface area contributed by atoms with Gasteiger partial charge in [-0.05, 0) is 47.7 Å². The summed E-state index contributed by atoms with van der Waals surface area (Å²) >= 11 is 6.32. The smallest absolute Gasteiger partial charge is 0.233 e. The molecule has 0 radical (unpaired) electrons. The molecule has 8 nitrogen and oxygen atoms in total. The largest absolute Gasteiger partial charge is 0.326 e. The Kier molecular flexibility index (Phi) is 8.89. The molecule has 2 aromatic carbocycles. The Balaban J connectivity index is 1.49. The third-order valence-corrected chi connectivity index (χ3v) is 8.47. The van der Waals surface area contributed by atoms with Gasteiger partial charge in [0.15, 0.2) is 15.7 Å². The summed E-state index contributed by atoms with van der Waals surface area (Å²) in [6.45, 7) is 2.27. The number of sulfone groups is 1. The van der Waals surface area contributed by atoms with E-state index in [1.807, 2.05) is 24.3 Å². The predicted molar refractivity (Wildman–Crippen MR) is 149 cm³/mol. The lowest BCUT2D eigenvalue weighted by Crippen LogP contribution is -2.23. The van der Waals surface area contributed by atoms with Gasteiger partial charge in [-0.3, -0.25) is 14.3 Å². The highest BCUT2D eigenvalue weighted by Gasteiger charge is 2.28. The van der Waals surface area contributed by atoms with Crippen LogP contribution in [0.4, 0.5) is 11.5 Å². The fourth-order valence-corrected chi connectivity index (χ4v) is 6.26. The fourth-order valence-electron chi connectivity index (χ4n) is 4.92. The van der Waals surface area contributed by atoms with Gasteiger partial charge in [0.2, 0.25) is 11.8 Å². The molecule has 1 aliphatic rings. The van der Waals surface area contributed by atoms with Gasteiger partial charge in [0, 0.05) is 30.6 Å². The van der Waals surface area contributed by atoms with Gasteiger partial charge >= 0.3 is 0 Å². The highest BCUT2D eigenvalue weighted by Crippen LogP contribution is 2.36. The minimum absolute atomic E-state index is 0.0503. The third-order valence-electron chi connectivity index (χ3n) is 6.89. The summed E-state index contributed by atoms with van der Waals surface area (Å²) in [6.07, 6.45) is 8.43. The zero-order chi connectivity index (χ0) is 27.3. The van der Waals surface area contributed by atoms with Gasteiger partial charge in [-0.15, -0.1) is 0 Å². The van der Waals surface area contributed by atoms with Gasteiger partial charge < -0.3 is 10.6 Å². The average molecular weight is 557 g/mol. The molecule has 1 aromatic heterocycles. The second kappa shape index (κ2) is 12.1. The Labute approximate surface area is 228 Å². The van der Waals surface area contributed by atoms with E-state index in [4.69, 9.17) is 11.6 Å². The van der Waals surface area contributed by atoms with Crippen molar-refractivity contribution < 1.29 is 18.0 Å². The van der Waals surface area contributed by atoms with Crippen molar-refractivity contribution in [2.75, 3.05) is 16.9 Å². The second-order valence-corrected chi connectivity index (χ2v) is 12.3. The summed E-state index contributed by atoms with van der Waals surface area (Å²) in [7, 11) is -3.47. The van der Waals surface area contributed by atoms with Gasteiger partial charge in [-0.1, -0.05) is 62.4 Å². The minimum Gasteiger partial charge on any atom is -0.326 e. The standard InChI is InChI=1S/C28H33ClN4O4S/c1-3-27(34)30-22-10-6-9-20(15-22)18-33-14-13-26(32-33)31-28(35)23(16-19-7-4-5-8-19)21-11-12-25(24(29)17-21)38(2,36)37/h6,9-15,17,19,23H,3-5,7-8,16,18H2,1-2H3,(H,30,34)(H,31,32,35). The van der Waals surface area contributed by atoms with Crippen LogP contribution in [0.5, 0.6) is 0 Å². The van der Waals surface area contributed by atoms with Crippen molar-refractivity contribution in [1.82, 2.24) is 9.78 Å². The minimum atomic E-state index is -3.47. The highest BCUT2D eigenvalue weighted by molar-refractivity contribution is 7.90. The molecular weight excluding hydrogens is 524 g/mol. The highest BCUT2D eigenvalue weighted by atomic mass is 35.5. The lowest BCUT2D eigenvalue weighted by atomic mass is 9.87. The summed E-state index contributed by atoms with van der Waals surface area (Å²) in [4.78, 5) is 25.2. The number of benzene rings is 2. The molecule has 2 amide bonds. The van der Waals surface area contributed by atoms with Gasteiger partial charge in [0.1, 0.15) is 0 Å². The van der Waals surface area contributed by atoms with E-state index < -0.39 is 15.8 Å². The van der Waals surface area contributed by atoms with E-state index in [9.17, 15) is 18.0 Å². The Hall–Kier alpha value is -3.17. The Morgan fingerprint density at radius 2 is 1.87 bits per heavy atom. The van der Waals surface area contributed by atoms with Crippen LogP contribution in [0.25, 0.3) is 0 Å². The summed E-state index contributed by atoms with van der Waals surface area (Å²) in [5.74, 6) is 0.131. The second-order valence-electron chi connectivity index (χ2n) is 9.89. The molecular formula is C28H33ClN4O4S. The number of nitrogens with zero attached hydrogens (tertiary/aromatic N) is 2. The summed E-state index contributed by atoms with van der Waals surface area (Å²) in [6, 6.07) is 14.1. The van der Waals surface area contributed by atoms with Crippen LogP contribution in [0.1, 0.15) is 62.5 Å². The van der Waals surface area contributed by atoms with Crippen molar-refractivity contribution in [3.05, 3.63) is 70.9 Å². The molecule has 2 N–H and O–H groups in total. The Morgan fingerprint density at radius 3 is 2.55 bits per heavy atom. The van der Waals surface area contributed by atoms with Crippen LogP contribution in [-0.4, -0.2) is 36.3 Å². The number of nitrogens with one attached hydrogen (secondary N) is 2. The number of anilines is 2. The molecule has 1 aliphatic carbocycles. The number of amides is 2. The quantitative estimate of drug-likeness (QED) is 0.336. The molecule has 1 heterocycles. The molecule has 1 atom stereocenters. The van der Waals surface area contributed by atoms with Crippen molar-refractivity contribution in [3.8, 4) is 0 Å². The molecule has 0 bridgehead atoms. The number of hydrogen-bond donors (Lipinski definition) is 2. The van der Waals surface area contributed by atoms with Crippen molar-refractivity contribution in [3.63, 3.8) is 0 Å². The molecule has 1 unspecified atom stereocenters. The molecule has 1 saturated carbocycles. The maximum absolute atomic E-state index is 13.5. The van der Waals surface area contributed by atoms with E-state index in [0.717, 1.165) is 43.2 Å². The van der Waals surface area contributed by atoms with Gasteiger partial charge in [0.25, 0.3) is 0 Å². The van der Waals surface area contributed by atoms with Crippen LogP contribution in [0, 0.1) is 5.92 Å². The fraction of sp³-hybridized carbons (Fsp3) is 0.393. The lowest BCUT2D eigenvalue weighted by Gasteiger charge is -2.21. The van der Waals surface area contributed by atoms with Crippen LogP contribution < -0.4 is 10.6 Å². The molecule has 4 rings (SSSR count). The van der Waals surface area contributed by atoms with Crippen molar-refractivity contribution in [2.45, 2.75) is 62.8 Å². The summed E-state index contributed by atoms with van der Waals surface area (Å²) in [5.41, 5.74) is 2.38. The van der Waals surface area contributed by atoms with Crippen LogP contribution in [0.2, 0.25) is 5.02 Å². The van der Waals surface area contributed by atoms with E-state index in [-0.39, 0.29) is 21.7 Å². The number of halogens is 1. The predicted octanol–water partition coefficient (Wildman–Crippen LogP) is 5.64. The number of aromatic nitrogens is 2. The van der Waals surface area contributed by atoms with Crippen molar-refractivity contribution in [1.29, 1.82) is 0 Å². The van der Waals surface area contributed by atoms with Crippen LogP contribution in [0.3, 0.4) is 0 Å². The number of carbonyl (C=O) groups excluding carboxylic acids is 2. The Bertz CT molecular complexity index is 1410. The summed E-state index contributed by atoms with van der Waals surface area (Å²) < 4.78 is 25.7. The molecule has 0 spiro atoms. The SMILES string of the molecule is CCC(=O)Nc1cccc(Cn2ccc(NC(=O)C(CC3CCCC3)c3ccc(S(C)(=O)=O)c(Cl)c3)n2)c1.